The summed E-state index contributed by atoms with van der Waals surface area (Å²) < 4.78 is 0.214. The molecule has 0 aromatic carbocycles. The highest BCUT2D eigenvalue weighted by molar-refractivity contribution is 7.71. The van der Waals surface area contributed by atoms with Gasteiger partial charge in [0.15, 0.2) is 4.77 Å². The third-order valence-electron chi connectivity index (χ3n) is 3.29. The molecule has 1 fully saturated rings. The van der Waals surface area contributed by atoms with Crippen molar-refractivity contribution in [3.05, 3.63) is 26.9 Å². The molecule has 1 aromatic rings. The molecule has 0 aliphatic heterocycles. The van der Waals surface area contributed by atoms with Crippen LogP contribution in [0.1, 0.15) is 37.8 Å². The van der Waals surface area contributed by atoms with Crippen LogP contribution in [0.3, 0.4) is 0 Å². The van der Waals surface area contributed by atoms with Gasteiger partial charge in [-0.25, -0.2) is 5.43 Å². The van der Waals surface area contributed by atoms with Gasteiger partial charge in [0.25, 0.3) is 5.56 Å². The van der Waals surface area contributed by atoms with Crippen LogP contribution in [0.4, 0.5) is 0 Å². The summed E-state index contributed by atoms with van der Waals surface area (Å²) in [5.74, 6) is 0.197. The summed E-state index contributed by atoms with van der Waals surface area (Å²) in [7, 11) is 0. The van der Waals surface area contributed by atoms with Crippen LogP contribution in [0.25, 0.3) is 0 Å². The third-order valence-corrected chi connectivity index (χ3v) is 3.50. The molecule has 0 bridgehead atoms. The number of aromatic amines is 2. The first kappa shape index (κ1) is 14.6. The highest BCUT2D eigenvalue weighted by Crippen LogP contribution is 2.21. The number of rotatable bonds is 4. The van der Waals surface area contributed by atoms with Gasteiger partial charge in [0.1, 0.15) is 0 Å². The molecule has 0 radical (unpaired) electrons. The number of aromatic nitrogens is 2. The van der Waals surface area contributed by atoms with E-state index in [4.69, 9.17) is 12.2 Å². The van der Waals surface area contributed by atoms with E-state index in [1.807, 2.05) is 6.21 Å². The minimum Gasteiger partial charge on any atom is -0.335 e. The largest absolute Gasteiger partial charge is 0.335 e. The number of carbonyl (C=O) groups is 1. The van der Waals surface area contributed by atoms with Crippen LogP contribution in [0.15, 0.2) is 16.0 Å². The van der Waals surface area contributed by atoms with Crippen LogP contribution in [-0.4, -0.2) is 22.1 Å². The van der Waals surface area contributed by atoms with Crippen molar-refractivity contribution >= 4 is 24.3 Å². The van der Waals surface area contributed by atoms with Gasteiger partial charge in [0, 0.05) is 18.0 Å². The first-order chi connectivity index (χ1) is 9.63. The second-order valence-electron chi connectivity index (χ2n) is 5.00. The number of hydrazone groups is 1. The molecular weight excluding hydrogens is 276 g/mol. The maximum absolute atomic E-state index is 11.7. The number of amides is 1. The number of hydrogen-bond acceptors (Lipinski definition) is 4. The predicted molar refractivity (Wildman–Crippen MR) is 79.2 cm³/mol. The van der Waals surface area contributed by atoms with Crippen molar-refractivity contribution in [1.29, 1.82) is 0 Å². The van der Waals surface area contributed by atoms with E-state index in [1.165, 1.54) is 25.3 Å². The normalized spacial score (nSPS) is 16.4. The van der Waals surface area contributed by atoms with Crippen molar-refractivity contribution < 1.29 is 4.79 Å². The standard InChI is InChI=1S/C13H18N4O2S/c18-11-6-10(15-13(20)16-11)7-12(19)17-14-8-9-4-2-1-3-5-9/h6,8-9H,1-5,7H2,(H,17,19)(H2,15,16,18,20)/b14-8-. The highest BCUT2D eigenvalue weighted by atomic mass is 32.1. The van der Waals surface area contributed by atoms with Crippen LogP contribution in [0, 0.1) is 10.7 Å². The monoisotopic (exact) mass is 294 g/mol. The molecule has 20 heavy (non-hydrogen) atoms. The second kappa shape index (κ2) is 7.14. The smallest absolute Gasteiger partial charge is 0.251 e. The zero-order valence-electron chi connectivity index (χ0n) is 11.1. The van der Waals surface area contributed by atoms with Crippen molar-refractivity contribution in [3.63, 3.8) is 0 Å². The maximum atomic E-state index is 11.7. The highest BCUT2D eigenvalue weighted by Gasteiger charge is 2.11. The maximum Gasteiger partial charge on any atom is 0.251 e. The molecule has 1 saturated carbocycles. The number of H-pyrrole nitrogens is 2. The van der Waals surface area contributed by atoms with Gasteiger partial charge in [-0.1, -0.05) is 19.3 Å². The molecule has 108 valence electrons. The first-order valence-corrected chi connectivity index (χ1v) is 7.19. The Morgan fingerprint density at radius 3 is 2.85 bits per heavy atom. The van der Waals surface area contributed by atoms with E-state index in [2.05, 4.69) is 20.5 Å². The average molecular weight is 294 g/mol. The molecule has 1 aliphatic carbocycles. The van der Waals surface area contributed by atoms with Crippen molar-refractivity contribution in [1.82, 2.24) is 15.4 Å². The van der Waals surface area contributed by atoms with E-state index in [9.17, 15) is 9.59 Å². The van der Waals surface area contributed by atoms with Gasteiger partial charge < -0.3 is 4.98 Å². The summed E-state index contributed by atoms with van der Waals surface area (Å²) in [5, 5.41) is 3.99. The Labute approximate surface area is 121 Å². The fraction of sp³-hybridized carbons (Fsp3) is 0.538. The van der Waals surface area contributed by atoms with E-state index >= 15 is 0 Å². The van der Waals surface area contributed by atoms with Gasteiger partial charge in [0.05, 0.1) is 6.42 Å². The van der Waals surface area contributed by atoms with Gasteiger partial charge in [-0.2, -0.15) is 5.10 Å². The molecule has 6 nitrogen and oxygen atoms in total. The van der Waals surface area contributed by atoms with Gasteiger partial charge in [0.2, 0.25) is 5.91 Å². The van der Waals surface area contributed by atoms with Crippen molar-refractivity contribution in [2.75, 3.05) is 0 Å². The molecule has 0 atom stereocenters. The minimum absolute atomic E-state index is 0.0512. The van der Waals surface area contributed by atoms with Crippen LogP contribution in [0.2, 0.25) is 0 Å². The molecule has 0 unspecified atom stereocenters. The second-order valence-corrected chi connectivity index (χ2v) is 5.41. The van der Waals surface area contributed by atoms with Crippen LogP contribution < -0.4 is 11.0 Å². The fourth-order valence-corrected chi connectivity index (χ4v) is 2.56. The number of nitrogens with one attached hydrogen (secondary N) is 3. The summed E-state index contributed by atoms with van der Waals surface area (Å²) in [6, 6.07) is 1.32. The van der Waals surface area contributed by atoms with E-state index in [1.54, 1.807) is 0 Å². The lowest BCUT2D eigenvalue weighted by molar-refractivity contribution is -0.120. The van der Waals surface area contributed by atoms with Gasteiger partial charge in [-0.3, -0.25) is 14.6 Å². The van der Waals surface area contributed by atoms with E-state index in [0.717, 1.165) is 12.8 Å². The molecule has 0 spiro atoms. The molecule has 1 aliphatic rings. The number of hydrogen-bond donors (Lipinski definition) is 3. The van der Waals surface area contributed by atoms with Gasteiger partial charge in [-0.15, -0.1) is 0 Å². The predicted octanol–water partition coefficient (Wildman–Crippen LogP) is 1.66. The molecule has 2 rings (SSSR count). The van der Waals surface area contributed by atoms with Crippen molar-refractivity contribution in [3.8, 4) is 0 Å². The SMILES string of the molecule is O=C(Cc1cc(=O)[nH]c(=S)[nH]1)N/N=C\C1CCCCC1. The Balaban J connectivity index is 1.84. The third kappa shape index (κ3) is 4.73. The number of nitrogens with zero attached hydrogens (tertiary/aromatic N) is 1. The number of carbonyl (C=O) groups excluding carboxylic acids is 1. The van der Waals surface area contributed by atoms with E-state index < -0.39 is 0 Å². The Kier molecular flexibility index (Phi) is 5.23. The van der Waals surface area contributed by atoms with Crippen LogP contribution in [0.5, 0.6) is 0 Å². The van der Waals surface area contributed by atoms with Crippen LogP contribution in [-0.2, 0) is 11.2 Å². The molecule has 1 aromatic heterocycles. The van der Waals surface area contributed by atoms with Crippen molar-refractivity contribution in [2.45, 2.75) is 38.5 Å². The molecule has 1 amide bonds. The van der Waals surface area contributed by atoms with Crippen LogP contribution >= 0.6 is 12.2 Å². The van der Waals surface area contributed by atoms with Gasteiger partial charge >= 0.3 is 0 Å². The van der Waals surface area contributed by atoms with E-state index in [0.29, 0.717) is 11.6 Å². The summed E-state index contributed by atoms with van der Waals surface area (Å²) in [6.07, 6.45) is 7.90. The lowest BCUT2D eigenvalue weighted by atomic mass is 9.90. The minimum atomic E-state index is -0.317. The quantitative estimate of drug-likeness (QED) is 0.448. The lowest BCUT2D eigenvalue weighted by Crippen LogP contribution is -2.22. The zero-order chi connectivity index (χ0) is 14.4. The molecule has 3 N–H and O–H groups in total. The van der Waals surface area contributed by atoms with E-state index in [-0.39, 0.29) is 22.7 Å². The summed E-state index contributed by atoms with van der Waals surface area (Å²) in [5.41, 5.74) is 2.64. The fourth-order valence-electron chi connectivity index (χ4n) is 2.33. The van der Waals surface area contributed by atoms with Gasteiger partial charge in [-0.05, 0) is 31.0 Å². The summed E-state index contributed by atoms with van der Waals surface area (Å²) >= 11 is 4.84. The molecule has 1 heterocycles. The Morgan fingerprint density at radius 2 is 2.15 bits per heavy atom. The summed E-state index contributed by atoms with van der Waals surface area (Å²) in [4.78, 5) is 28.1. The lowest BCUT2D eigenvalue weighted by Gasteiger charge is -2.16. The first-order valence-electron chi connectivity index (χ1n) is 6.78. The summed E-state index contributed by atoms with van der Waals surface area (Å²) in [6.45, 7) is 0. The van der Waals surface area contributed by atoms with Crippen molar-refractivity contribution in [2.24, 2.45) is 11.0 Å². The average Bonchev–Trinajstić information content (AvgIpc) is 2.38. The zero-order valence-corrected chi connectivity index (χ0v) is 12.0. The Bertz CT molecular complexity index is 571. The Morgan fingerprint density at radius 1 is 1.40 bits per heavy atom. The topological polar surface area (TPSA) is 90.1 Å². The molecule has 7 heteroatoms. The molecular formula is C13H18N4O2S. The Hall–Kier alpha value is -1.76. The molecule has 0 saturated heterocycles.